The summed E-state index contributed by atoms with van der Waals surface area (Å²) < 4.78 is 66.9. The van der Waals surface area contributed by atoms with Crippen molar-refractivity contribution in [2.75, 3.05) is 41.4 Å². The molecule has 0 atom stereocenters. The second-order valence-corrected chi connectivity index (χ2v) is 20.8. The zero-order valence-corrected chi connectivity index (χ0v) is 37.3. The fourth-order valence-corrected chi connectivity index (χ4v) is 10.9. The van der Waals surface area contributed by atoms with Gasteiger partial charge in [0.2, 0.25) is 5.71 Å². The second-order valence-electron chi connectivity index (χ2n) is 16.0. The van der Waals surface area contributed by atoms with Crippen molar-refractivity contribution in [3.8, 4) is 0 Å². The van der Waals surface area contributed by atoms with Crippen molar-refractivity contribution in [1.82, 2.24) is 0 Å². The lowest BCUT2D eigenvalue weighted by Gasteiger charge is -2.27. The Labute approximate surface area is 358 Å². The van der Waals surface area contributed by atoms with Crippen LogP contribution in [0.3, 0.4) is 0 Å². The second kappa shape index (κ2) is 18.5. The highest BCUT2D eigenvalue weighted by atomic mass is 35.5. The molecule has 0 spiro atoms. The summed E-state index contributed by atoms with van der Waals surface area (Å²) >= 11 is 7.22. The number of benzene rings is 3. The molecule has 1 saturated carbocycles. The smallest absolute Gasteiger partial charge is 0.344 e. The van der Waals surface area contributed by atoms with Gasteiger partial charge in [-0.1, -0.05) is 92.9 Å². The van der Waals surface area contributed by atoms with Gasteiger partial charge in [-0.15, -0.1) is 8.31 Å². The number of anilines is 2. The highest BCUT2D eigenvalue weighted by Gasteiger charge is 2.42. The number of allylic oxidation sites excluding steroid dienone is 8. The van der Waals surface area contributed by atoms with Crippen LogP contribution in [-0.2, 0) is 40.3 Å². The van der Waals surface area contributed by atoms with Crippen LogP contribution in [0.4, 0.5) is 11.4 Å². The standard InChI is InChI=1S/C44H52ClN3O8S3/c1-43(2)36-14-6-8-16-38(36)47(28-10-12-30-57-56-55-49)40(43)26-20-32-18-19-33(42(32)46(5)59(53,54)35-24-22-34(45)23-25-35)21-27-41-44(3,4)37-15-7-9-17-39(37)48(41)29-11-13-31-58(50,51)52/h6-9,14-17,20-27H,10-13,18-19,28-31H2,1-5H3,(H-,49,50,51,52)/p+1. The molecule has 6 rings (SSSR count). The molecule has 2 aliphatic heterocycles. The minimum atomic E-state index is -4.07. The van der Waals surface area contributed by atoms with E-state index in [1.807, 2.05) is 24.3 Å². The zero-order chi connectivity index (χ0) is 42.6. The van der Waals surface area contributed by atoms with Gasteiger partial charge in [-0.05, 0) is 98.2 Å². The third-order valence-electron chi connectivity index (χ3n) is 11.5. The number of halogens is 1. The summed E-state index contributed by atoms with van der Waals surface area (Å²) in [5, 5.41) is 12.7. The molecule has 0 amide bonds. The lowest BCUT2D eigenvalue weighted by atomic mass is 9.83. The third kappa shape index (κ3) is 9.76. The van der Waals surface area contributed by atoms with Gasteiger partial charge in [0.05, 0.1) is 5.75 Å². The monoisotopic (exact) mass is 882 g/mol. The van der Waals surface area contributed by atoms with Crippen LogP contribution in [0, 0.1) is 0 Å². The van der Waals surface area contributed by atoms with Gasteiger partial charge in [0.15, 0.2) is 7.05 Å². The van der Waals surface area contributed by atoms with Crippen LogP contribution in [0.2, 0.25) is 5.02 Å². The van der Waals surface area contributed by atoms with Crippen molar-refractivity contribution < 1.29 is 40.0 Å². The Morgan fingerprint density at radius 2 is 1.24 bits per heavy atom. The Bertz CT molecular complexity index is 2420. The molecule has 15 heteroatoms. The first-order chi connectivity index (χ1) is 28.0. The van der Waals surface area contributed by atoms with Crippen molar-refractivity contribution >= 4 is 60.9 Å². The van der Waals surface area contributed by atoms with Crippen LogP contribution in [0.1, 0.15) is 77.3 Å². The van der Waals surface area contributed by atoms with Gasteiger partial charge >= 0.3 is 10.0 Å². The van der Waals surface area contributed by atoms with Crippen molar-refractivity contribution in [2.45, 2.75) is 81.9 Å². The minimum Gasteiger partial charge on any atom is -0.344 e. The van der Waals surface area contributed by atoms with Crippen molar-refractivity contribution in [3.63, 3.8) is 0 Å². The third-order valence-corrected chi connectivity index (χ3v) is 15.0. The summed E-state index contributed by atoms with van der Waals surface area (Å²) in [6.45, 7) is 10.0. The van der Waals surface area contributed by atoms with Gasteiger partial charge in [-0.2, -0.15) is 16.8 Å². The van der Waals surface area contributed by atoms with Crippen molar-refractivity contribution in [3.05, 3.63) is 136 Å². The highest BCUT2D eigenvalue weighted by Crippen LogP contribution is 2.49. The van der Waals surface area contributed by atoms with Gasteiger partial charge in [0, 0.05) is 80.7 Å². The van der Waals surface area contributed by atoms with Gasteiger partial charge in [0.1, 0.15) is 4.90 Å². The Hall–Kier alpha value is -3.73. The van der Waals surface area contributed by atoms with Crippen LogP contribution < -0.4 is 9.80 Å². The molecule has 0 saturated heterocycles. The molecule has 1 aliphatic carbocycles. The van der Waals surface area contributed by atoms with E-state index < -0.39 is 25.6 Å². The number of rotatable bonds is 16. The SMILES string of the molecule is C[N+](=C1C(=CC=C2N(CCCCSOOO)c3ccccc3C2(C)C)CC/C1=C\C=C1\N(CCCCS(=O)(=O)O)c2ccccc2C1(C)C)S(=O)(=O)c1ccc(Cl)cc1. The maximum Gasteiger partial charge on any atom is 0.395 e. The van der Waals surface area contributed by atoms with E-state index in [1.165, 1.54) is 21.7 Å². The topological polar surface area (TPSA) is 137 Å². The fraction of sp³-hybridized carbons (Fsp3) is 0.386. The number of fused-ring (bicyclic) bond motifs is 2. The van der Waals surface area contributed by atoms with E-state index in [-0.39, 0.29) is 16.1 Å². The molecule has 1 fully saturated rings. The van der Waals surface area contributed by atoms with Crippen LogP contribution in [0.15, 0.2) is 125 Å². The molecule has 59 heavy (non-hydrogen) atoms. The predicted molar refractivity (Wildman–Crippen MR) is 237 cm³/mol. The highest BCUT2D eigenvalue weighted by molar-refractivity contribution is 7.94. The van der Waals surface area contributed by atoms with Crippen LogP contribution in [0.25, 0.3) is 0 Å². The number of unbranched alkanes of at least 4 members (excludes halogenated alkanes) is 2. The predicted octanol–water partition coefficient (Wildman–Crippen LogP) is 9.64. The molecule has 0 radical (unpaired) electrons. The average Bonchev–Trinajstić information content (AvgIpc) is 3.77. The van der Waals surface area contributed by atoms with Gasteiger partial charge in [0.25, 0.3) is 10.1 Å². The molecular weight excluding hydrogens is 830 g/mol. The van der Waals surface area contributed by atoms with Gasteiger partial charge in [-0.3, -0.25) is 4.55 Å². The summed E-state index contributed by atoms with van der Waals surface area (Å²) in [5.74, 6) is 0.347. The summed E-state index contributed by atoms with van der Waals surface area (Å²) in [7, 11) is -6.46. The largest absolute Gasteiger partial charge is 0.395 e. The quantitative estimate of drug-likeness (QED) is 0.0356. The Morgan fingerprint density at radius 1 is 0.746 bits per heavy atom. The van der Waals surface area contributed by atoms with E-state index in [1.54, 1.807) is 19.2 Å². The van der Waals surface area contributed by atoms with E-state index in [9.17, 15) is 21.4 Å². The summed E-state index contributed by atoms with van der Waals surface area (Å²) in [4.78, 5) is 4.69. The van der Waals surface area contributed by atoms with E-state index >= 15 is 0 Å². The van der Waals surface area contributed by atoms with E-state index in [0.29, 0.717) is 48.7 Å². The van der Waals surface area contributed by atoms with Crippen LogP contribution >= 0.6 is 23.6 Å². The van der Waals surface area contributed by atoms with Crippen molar-refractivity contribution in [2.24, 2.45) is 0 Å². The first kappa shape index (κ1) is 44.8. The van der Waals surface area contributed by atoms with Crippen molar-refractivity contribution in [1.29, 1.82) is 0 Å². The molecule has 2 heterocycles. The Kier molecular flexibility index (Phi) is 14.0. The number of sulfonamides is 1. The molecule has 0 unspecified atom stereocenters. The Balaban J connectivity index is 1.43. The normalized spacial score (nSPS) is 20.9. The first-order valence-electron chi connectivity index (χ1n) is 19.7. The lowest BCUT2D eigenvalue weighted by molar-refractivity contribution is -0.432. The molecule has 3 aliphatic rings. The summed E-state index contributed by atoms with van der Waals surface area (Å²) in [6.07, 6.45) is 12.1. The van der Waals surface area contributed by atoms with Gasteiger partial charge in [-0.25, -0.2) is 5.26 Å². The Morgan fingerprint density at radius 3 is 1.73 bits per heavy atom. The van der Waals surface area contributed by atoms with Crippen LogP contribution in [-0.4, -0.2) is 68.0 Å². The summed E-state index contributed by atoms with van der Waals surface area (Å²) in [5.41, 5.74) is 8.29. The maximum absolute atomic E-state index is 14.3. The fourth-order valence-electron chi connectivity index (χ4n) is 8.49. The molecule has 3 aromatic carbocycles. The van der Waals surface area contributed by atoms with E-state index in [2.05, 4.69) is 95.4 Å². The molecule has 0 bridgehead atoms. The maximum atomic E-state index is 14.3. The van der Waals surface area contributed by atoms with E-state index in [0.717, 1.165) is 70.9 Å². The molecule has 11 nitrogen and oxygen atoms in total. The van der Waals surface area contributed by atoms with E-state index in [4.69, 9.17) is 16.9 Å². The minimum absolute atomic E-state index is 0.135. The molecule has 316 valence electrons. The van der Waals surface area contributed by atoms with Gasteiger partial charge < -0.3 is 9.80 Å². The first-order valence-corrected chi connectivity index (χ1v) is 24.1. The molecule has 3 aromatic rings. The lowest BCUT2D eigenvalue weighted by Crippen LogP contribution is -2.28. The number of nitrogens with zero attached hydrogens (tertiary/aromatic N) is 3. The molecule has 2 N–H and O–H groups in total. The average molecular weight is 884 g/mol. The number of hydrogen-bond acceptors (Lipinski definition) is 10. The molecular formula is C44H53ClN3O8S3+. The number of hydrogen-bond donors (Lipinski definition) is 2. The zero-order valence-electron chi connectivity index (χ0n) is 34.1. The van der Waals surface area contributed by atoms with Crippen LogP contribution in [0.5, 0.6) is 0 Å². The number of para-hydroxylation sites is 2. The summed E-state index contributed by atoms with van der Waals surface area (Å²) in [6, 6.07) is 22.8. The molecule has 0 aromatic heterocycles.